The van der Waals surface area contributed by atoms with Crippen LogP contribution in [0.25, 0.3) is 0 Å². The van der Waals surface area contributed by atoms with Gasteiger partial charge in [0.05, 0.1) is 5.04 Å². The Labute approximate surface area is 96.1 Å². The molecule has 15 heavy (non-hydrogen) atoms. The zero-order valence-electron chi connectivity index (χ0n) is 10.4. The van der Waals surface area contributed by atoms with Gasteiger partial charge in [-0.2, -0.15) is 0 Å². The maximum Gasteiger partial charge on any atom is 0.0597 e. The summed E-state index contributed by atoms with van der Waals surface area (Å²) >= 11 is 0. The summed E-state index contributed by atoms with van der Waals surface area (Å²) in [6.07, 6.45) is 3.09. The Kier molecular flexibility index (Phi) is 6.25. The number of nitrogens with one attached hydrogen (secondary N) is 1. The molecule has 3 heteroatoms. The molecular weight excluding hydrogens is 204 g/mol. The molecule has 0 aromatic heterocycles. The van der Waals surface area contributed by atoms with Crippen LogP contribution >= 0.6 is 10.5 Å². The van der Waals surface area contributed by atoms with Crippen LogP contribution in [0.15, 0.2) is 23.3 Å². The van der Waals surface area contributed by atoms with Crippen molar-refractivity contribution >= 4 is 20.9 Å². The smallest absolute Gasteiger partial charge is 0.0597 e. The molecule has 0 aromatic carbocycles. The van der Waals surface area contributed by atoms with E-state index in [1.54, 1.807) is 0 Å². The van der Waals surface area contributed by atoms with Gasteiger partial charge < -0.3 is 4.90 Å². The second kappa shape index (κ2) is 6.62. The van der Waals surface area contributed by atoms with Crippen LogP contribution in [0.1, 0.15) is 27.2 Å². The molecule has 0 aliphatic heterocycles. The number of hydrogen-bond acceptors (Lipinski definition) is 2. The maximum atomic E-state index is 7.71. The average Bonchev–Trinajstić information content (AvgIpc) is 2.10. The highest BCUT2D eigenvalue weighted by molar-refractivity contribution is 8.30. The van der Waals surface area contributed by atoms with Crippen LogP contribution in [0.3, 0.4) is 0 Å². The molecular formula is C12H22N2S. The summed E-state index contributed by atoms with van der Waals surface area (Å²) in [6, 6.07) is 0. The van der Waals surface area contributed by atoms with Gasteiger partial charge in [0.25, 0.3) is 0 Å². The standard InChI is InChI=1S/C12H22N2S/c1-7-12(8-14(5)6)9-15(10(2)3)11(4)13/h8-9,13H,2,7H2,1,3-6H3. The van der Waals surface area contributed by atoms with Gasteiger partial charge in [0.15, 0.2) is 0 Å². The Hall–Kier alpha value is -0.830. The van der Waals surface area contributed by atoms with E-state index in [0.29, 0.717) is 5.04 Å². The zero-order valence-corrected chi connectivity index (χ0v) is 11.2. The lowest BCUT2D eigenvalue weighted by Crippen LogP contribution is -2.04. The van der Waals surface area contributed by atoms with Crippen LogP contribution in [0.4, 0.5) is 0 Å². The van der Waals surface area contributed by atoms with E-state index in [2.05, 4.69) is 25.1 Å². The molecule has 1 unspecified atom stereocenters. The number of nitrogens with zero attached hydrogens (tertiary/aromatic N) is 1. The first kappa shape index (κ1) is 14.2. The van der Waals surface area contributed by atoms with E-state index in [4.69, 9.17) is 5.41 Å². The maximum absolute atomic E-state index is 7.71. The first-order valence-electron chi connectivity index (χ1n) is 5.04. The van der Waals surface area contributed by atoms with Gasteiger partial charge in [-0.15, -0.1) is 10.5 Å². The highest BCUT2D eigenvalue weighted by atomic mass is 32.2. The summed E-state index contributed by atoms with van der Waals surface area (Å²) in [4.78, 5) is 3.09. The number of hydrogen-bond donors (Lipinski definition) is 1. The molecule has 0 heterocycles. The van der Waals surface area contributed by atoms with Gasteiger partial charge in [0, 0.05) is 20.3 Å². The van der Waals surface area contributed by atoms with E-state index in [1.807, 2.05) is 32.8 Å². The van der Waals surface area contributed by atoms with Crippen LogP contribution in [-0.4, -0.2) is 29.4 Å². The van der Waals surface area contributed by atoms with Crippen molar-refractivity contribution in [2.24, 2.45) is 0 Å². The molecule has 0 saturated heterocycles. The minimum atomic E-state index is -0.205. The summed E-state index contributed by atoms with van der Waals surface area (Å²) in [5.74, 6) is 0. The average molecular weight is 226 g/mol. The molecule has 2 nitrogen and oxygen atoms in total. The Balaban J connectivity index is 5.10. The van der Waals surface area contributed by atoms with Crippen molar-refractivity contribution in [2.75, 3.05) is 14.1 Å². The Morgan fingerprint density at radius 3 is 2.20 bits per heavy atom. The van der Waals surface area contributed by atoms with E-state index in [1.165, 1.54) is 5.57 Å². The Bertz CT molecular complexity index is 296. The van der Waals surface area contributed by atoms with Crippen molar-refractivity contribution in [3.8, 4) is 0 Å². The fraction of sp³-hybridized carbons (Fsp3) is 0.500. The molecule has 0 fully saturated rings. The minimum Gasteiger partial charge on any atom is -0.383 e. The van der Waals surface area contributed by atoms with Gasteiger partial charge in [-0.25, -0.2) is 0 Å². The predicted octanol–water partition coefficient (Wildman–Crippen LogP) is 3.44. The SMILES string of the molecule is C=C(C)S(=CC(=CN(C)C)CC)C(C)=N. The third-order valence-electron chi connectivity index (χ3n) is 1.81. The monoisotopic (exact) mass is 226 g/mol. The minimum absolute atomic E-state index is 0.205. The summed E-state index contributed by atoms with van der Waals surface area (Å²) in [5.41, 5.74) is 1.26. The van der Waals surface area contributed by atoms with Crippen LogP contribution in [-0.2, 0) is 0 Å². The molecule has 1 N–H and O–H groups in total. The topological polar surface area (TPSA) is 27.1 Å². The molecule has 1 atom stereocenters. The normalized spacial score (nSPS) is 13.8. The van der Waals surface area contributed by atoms with Gasteiger partial charge in [-0.3, -0.25) is 5.41 Å². The van der Waals surface area contributed by atoms with Crippen LogP contribution < -0.4 is 0 Å². The second-order valence-electron chi connectivity index (χ2n) is 3.73. The number of rotatable bonds is 4. The molecule has 0 bridgehead atoms. The highest BCUT2D eigenvalue weighted by Crippen LogP contribution is 2.24. The van der Waals surface area contributed by atoms with Gasteiger partial charge in [-0.1, -0.05) is 13.5 Å². The fourth-order valence-corrected chi connectivity index (χ4v) is 2.57. The molecule has 0 radical (unpaired) electrons. The quantitative estimate of drug-likeness (QED) is 0.338. The fourth-order valence-electron chi connectivity index (χ4n) is 1.14. The van der Waals surface area contributed by atoms with E-state index in [9.17, 15) is 0 Å². The van der Waals surface area contributed by atoms with E-state index in [0.717, 1.165) is 11.3 Å². The van der Waals surface area contributed by atoms with Gasteiger partial charge in [0.2, 0.25) is 0 Å². The van der Waals surface area contributed by atoms with Crippen molar-refractivity contribution in [1.29, 1.82) is 5.41 Å². The zero-order chi connectivity index (χ0) is 12.0. The summed E-state index contributed by atoms with van der Waals surface area (Å²) in [5, 5.41) is 10.6. The largest absolute Gasteiger partial charge is 0.383 e. The van der Waals surface area contributed by atoms with Crippen molar-refractivity contribution in [3.05, 3.63) is 23.3 Å². The summed E-state index contributed by atoms with van der Waals surface area (Å²) in [6.45, 7) is 9.90. The predicted molar refractivity (Wildman–Crippen MR) is 73.9 cm³/mol. The van der Waals surface area contributed by atoms with E-state index >= 15 is 0 Å². The molecule has 0 amide bonds. The Morgan fingerprint density at radius 2 is 1.93 bits per heavy atom. The molecule has 0 aliphatic rings. The van der Waals surface area contributed by atoms with Gasteiger partial charge in [0.1, 0.15) is 0 Å². The van der Waals surface area contributed by atoms with Gasteiger partial charge >= 0.3 is 0 Å². The lowest BCUT2D eigenvalue weighted by molar-refractivity contribution is 0.559. The van der Waals surface area contributed by atoms with Crippen LogP contribution in [0.5, 0.6) is 0 Å². The van der Waals surface area contributed by atoms with Crippen molar-refractivity contribution in [3.63, 3.8) is 0 Å². The summed E-state index contributed by atoms with van der Waals surface area (Å²) in [7, 11) is 3.82. The van der Waals surface area contributed by atoms with Crippen LogP contribution in [0, 0.1) is 5.41 Å². The third-order valence-corrected chi connectivity index (χ3v) is 3.76. The Morgan fingerprint density at radius 1 is 1.40 bits per heavy atom. The lowest BCUT2D eigenvalue weighted by atomic mass is 10.2. The first-order chi connectivity index (χ1) is 6.88. The van der Waals surface area contributed by atoms with Crippen molar-refractivity contribution in [1.82, 2.24) is 4.90 Å². The summed E-state index contributed by atoms with van der Waals surface area (Å²) < 4.78 is 0. The second-order valence-corrected chi connectivity index (χ2v) is 5.96. The van der Waals surface area contributed by atoms with Crippen molar-refractivity contribution in [2.45, 2.75) is 27.2 Å². The highest BCUT2D eigenvalue weighted by Gasteiger charge is 2.00. The molecule has 0 aliphatic carbocycles. The lowest BCUT2D eigenvalue weighted by Gasteiger charge is -2.11. The molecule has 86 valence electrons. The van der Waals surface area contributed by atoms with Gasteiger partial charge in [-0.05, 0) is 36.1 Å². The number of allylic oxidation sites excluding steroid dienone is 2. The van der Waals surface area contributed by atoms with E-state index in [-0.39, 0.29) is 10.5 Å². The van der Waals surface area contributed by atoms with E-state index < -0.39 is 0 Å². The molecule has 0 aromatic rings. The third kappa shape index (κ3) is 5.57. The van der Waals surface area contributed by atoms with Crippen LogP contribution in [0.2, 0.25) is 0 Å². The molecule has 0 rings (SSSR count). The van der Waals surface area contributed by atoms with Crippen molar-refractivity contribution < 1.29 is 0 Å². The first-order valence-corrected chi connectivity index (χ1v) is 6.33. The molecule has 0 spiro atoms. The molecule has 0 saturated carbocycles.